The SMILES string of the molecule is CCc1ccc(-c2cnc(C(=O)NCC(=O)OC(=O)CNC(=O)c3ncc(-c4ccc(C(C)C)cc4)cc3O)c(O)c2)cc1. The number of benzene rings is 2. The number of aromatic nitrogens is 2. The van der Waals surface area contributed by atoms with Crippen LogP contribution in [0.2, 0.25) is 0 Å². The number of carbonyl (C=O) groups excluding carboxylic acids is 4. The van der Waals surface area contributed by atoms with E-state index < -0.39 is 36.8 Å². The van der Waals surface area contributed by atoms with Gasteiger partial charge in [-0.15, -0.1) is 0 Å². The van der Waals surface area contributed by atoms with Crippen LogP contribution >= 0.6 is 0 Å². The van der Waals surface area contributed by atoms with Crippen LogP contribution in [0, 0.1) is 0 Å². The van der Waals surface area contributed by atoms with Crippen LogP contribution < -0.4 is 10.6 Å². The molecule has 0 fully saturated rings. The number of aromatic hydroxyl groups is 2. The highest BCUT2D eigenvalue weighted by molar-refractivity contribution is 5.99. The average Bonchev–Trinajstić information content (AvgIpc) is 3.02. The first-order chi connectivity index (χ1) is 21.0. The number of nitrogens with zero attached hydrogens (tertiary/aromatic N) is 2. The van der Waals surface area contributed by atoms with E-state index in [2.05, 4.69) is 39.2 Å². The van der Waals surface area contributed by atoms with E-state index in [1.54, 1.807) is 0 Å². The molecule has 44 heavy (non-hydrogen) atoms. The van der Waals surface area contributed by atoms with Crippen molar-refractivity contribution in [3.8, 4) is 33.8 Å². The highest BCUT2D eigenvalue weighted by atomic mass is 16.6. The van der Waals surface area contributed by atoms with Crippen LogP contribution in [0.3, 0.4) is 0 Å². The van der Waals surface area contributed by atoms with Crippen molar-refractivity contribution < 1.29 is 34.1 Å². The van der Waals surface area contributed by atoms with Crippen molar-refractivity contribution in [2.45, 2.75) is 33.1 Å². The minimum Gasteiger partial charge on any atom is -0.505 e. The Morgan fingerprint density at radius 3 is 1.52 bits per heavy atom. The maximum Gasteiger partial charge on any atom is 0.333 e. The number of hydrogen-bond donors (Lipinski definition) is 4. The normalized spacial score (nSPS) is 10.7. The number of carbonyl (C=O) groups is 4. The molecule has 0 bridgehead atoms. The Morgan fingerprint density at radius 1 is 0.705 bits per heavy atom. The number of amides is 2. The lowest BCUT2D eigenvalue weighted by molar-refractivity contribution is -0.158. The van der Waals surface area contributed by atoms with Gasteiger partial charge in [0.05, 0.1) is 0 Å². The van der Waals surface area contributed by atoms with E-state index in [-0.39, 0.29) is 22.9 Å². The summed E-state index contributed by atoms with van der Waals surface area (Å²) in [5.74, 6) is -4.31. The standard InChI is InChI=1S/C33H32N4O7/c1-4-20-5-7-22(8-6-20)24-13-26(38)30(34-15-24)32(42)36-17-28(40)44-29(41)18-37-33(43)31-27(39)14-25(16-35-31)23-11-9-21(10-12-23)19(2)3/h5-16,19,38-39H,4,17-18H2,1-3H3,(H,36,42)(H,37,43). The molecule has 4 rings (SSSR count). The zero-order chi connectivity index (χ0) is 31.8. The van der Waals surface area contributed by atoms with Crippen molar-refractivity contribution in [1.82, 2.24) is 20.6 Å². The monoisotopic (exact) mass is 596 g/mol. The lowest BCUT2D eigenvalue weighted by Crippen LogP contribution is -2.36. The van der Waals surface area contributed by atoms with E-state index in [0.717, 1.165) is 28.7 Å². The van der Waals surface area contributed by atoms with Crippen LogP contribution in [0.5, 0.6) is 11.5 Å². The molecule has 0 unspecified atom stereocenters. The Hall–Kier alpha value is -5.58. The lowest BCUT2D eigenvalue weighted by Gasteiger charge is -2.10. The molecule has 0 saturated heterocycles. The summed E-state index contributed by atoms with van der Waals surface area (Å²) in [7, 11) is 0. The van der Waals surface area contributed by atoms with Crippen LogP contribution in [-0.2, 0) is 20.7 Å². The van der Waals surface area contributed by atoms with Crippen LogP contribution in [-0.4, -0.2) is 57.0 Å². The maximum atomic E-state index is 12.5. The van der Waals surface area contributed by atoms with E-state index in [0.29, 0.717) is 17.0 Å². The minimum absolute atomic E-state index is 0.309. The fourth-order valence-corrected chi connectivity index (χ4v) is 4.24. The number of pyridine rings is 2. The predicted molar refractivity (Wildman–Crippen MR) is 162 cm³/mol. The number of rotatable bonds is 10. The second-order valence-electron chi connectivity index (χ2n) is 10.2. The predicted octanol–water partition coefficient (Wildman–Crippen LogP) is 4.14. The molecule has 2 amide bonds. The Morgan fingerprint density at radius 2 is 1.14 bits per heavy atom. The van der Waals surface area contributed by atoms with E-state index >= 15 is 0 Å². The van der Waals surface area contributed by atoms with Gasteiger partial charge >= 0.3 is 11.9 Å². The van der Waals surface area contributed by atoms with Crippen molar-refractivity contribution >= 4 is 23.8 Å². The summed E-state index contributed by atoms with van der Waals surface area (Å²) in [6.45, 7) is 4.82. The highest BCUT2D eigenvalue weighted by Crippen LogP contribution is 2.27. The number of ether oxygens (including phenoxy) is 1. The summed E-state index contributed by atoms with van der Waals surface area (Å²) in [6.07, 6.45) is 3.73. The third kappa shape index (κ3) is 7.82. The van der Waals surface area contributed by atoms with Crippen LogP contribution in [0.15, 0.2) is 73.1 Å². The van der Waals surface area contributed by atoms with Crippen LogP contribution in [0.1, 0.15) is 58.8 Å². The number of hydrogen-bond acceptors (Lipinski definition) is 9. The summed E-state index contributed by atoms with van der Waals surface area (Å²) >= 11 is 0. The summed E-state index contributed by atoms with van der Waals surface area (Å²) in [6, 6.07) is 18.2. The van der Waals surface area contributed by atoms with Gasteiger partial charge in [0.2, 0.25) is 0 Å². The average molecular weight is 597 g/mol. The molecule has 0 aliphatic heterocycles. The molecular formula is C33H32N4O7. The molecule has 0 aliphatic rings. The Bertz CT molecular complexity index is 1680. The van der Waals surface area contributed by atoms with Crippen molar-refractivity contribution in [3.05, 3.63) is 95.6 Å². The number of esters is 2. The molecule has 4 aromatic rings. The highest BCUT2D eigenvalue weighted by Gasteiger charge is 2.19. The zero-order valence-electron chi connectivity index (χ0n) is 24.5. The summed E-state index contributed by atoms with van der Waals surface area (Å²) < 4.78 is 4.61. The number of aryl methyl sites for hydroxylation is 1. The fourth-order valence-electron chi connectivity index (χ4n) is 4.24. The molecule has 0 saturated carbocycles. The van der Waals surface area contributed by atoms with Gasteiger partial charge in [-0.05, 0) is 46.7 Å². The zero-order valence-corrected chi connectivity index (χ0v) is 24.5. The molecule has 226 valence electrons. The van der Waals surface area contributed by atoms with Crippen LogP contribution in [0.4, 0.5) is 0 Å². The molecule has 11 nitrogen and oxygen atoms in total. The summed E-state index contributed by atoms with van der Waals surface area (Å²) in [4.78, 5) is 57.0. The quantitative estimate of drug-likeness (QED) is 0.155. The maximum absolute atomic E-state index is 12.5. The van der Waals surface area contributed by atoms with Gasteiger partial charge < -0.3 is 25.6 Å². The van der Waals surface area contributed by atoms with Gasteiger partial charge in [-0.1, -0.05) is 69.3 Å². The van der Waals surface area contributed by atoms with E-state index in [9.17, 15) is 29.4 Å². The van der Waals surface area contributed by atoms with Crippen molar-refractivity contribution in [1.29, 1.82) is 0 Å². The third-order valence-corrected chi connectivity index (χ3v) is 6.79. The van der Waals surface area contributed by atoms with E-state index in [1.807, 2.05) is 55.5 Å². The first-order valence-corrected chi connectivity index (χ1v) is 13.9. The van der Waals surface area contributed by atoms with Gasteiger partial charge in [0.15, 0.2) is 11.4 Å². The third-order valence-electron chi connectivity index (χ3n) is 6.79. The Labute approximate surface area is 254 Å². The molecule has 2 aromatic heterocycles. The lowest BCUT2D eigenvalue weighted by atomic mass is 9.99. The van der Waals surface area contributed by atoms with E-state index in [1.165, 1.54) is 24.5 Å². The van der Waals surface area contributed by atoms with Gasteiger partial charge in [-0.25, -0.2) is 19.6 Å². The molecule has 0 spiro atoms. The van der Waals surface area contributed by atoms with Gasteiger partial charge in [0, 0.05) is 23.5 Å². The van der Waals surface area contributed by atoms with Gasteiger partial charge in [-0.2, -0.15) is 0 Å². The molecule has 0 radical (unpaired) electrons. The molecule has 0 aliphatic carbocycles. The largest absolute Gasteiger partial charge is 0.505 e. The Balaban J connectivity index is 1.25. The molecular weight excluding hydrogens is 564 g/mol. The van der Waals surface area contributed by atoms with Crippen molar-refractivity contribution in [2.75, 3.05) is 13.1 Å². The first-order valence-electron chi connectivity index (χ1n) is 13.9. The minimum atomic E-state index is -1.10. The molecule has 2 heterocycles. The Kier molecular flexibility index (Phi) is 10.0. The molecule has 11 heteroatoms. The fraction of sp³-hybridized carbons (Fsp3) is 0.212. The molecule has 2 aromatic carbocycles. The first kappa shape index (κ1) is 31.4. The summed E-state index contributed by atoms with van der Waals surface area (Å²) in [5, 5.41) is 25.1. The van der Waals surface area contributed by atoms with Gasteiger partial charge in [0.1, 0.15) is 24.6 Å². The summed E-state index contributed by atoms with van der Waals surface area (Å²) in [5.41, 5.74) is 4.50. The van der Waals surface area contributed by atoms with Gasteiger partial charge in [0.25, 0.3) is 11.8 Å². The second-order valence-corrected chi connectivity index (χ2v) is 10.2. The smallest absolute Gasteiger partial charge is 0.333 e. The second kappa shape index (κ2) is 14.1. The van der Waals surface area contributed by atoms with Crippen LogP contribution in [0.25, 0.3) is 22.3 Å². The molecule has 4 N–H and O–H groups in total. The topological polar surface area (TPSA) is 168 Å². The van der Waals surface area contributed by atoms with E-state index in [4.69, 9.17) is 0 Å². The van der Waals surface area contributed by atoms with Gasteiger partial charge in [-0.3, -0.25) is 9.59 Å². The molecule has 0 atom stereocenters. The van der Waals surface area contributed by atoms with Crippen molar-refractivity contribution in [3.63, 3.8) is 0 Å². The number of nitrogens with one attached hydrogen (secondary N) is 2. The van der Waals surface area contributed by atoms with Crippen molar-refractivity contribution in [2.24, 2.45) is 0 Å².